The number of dihydropyridines is 1. The summed E-state index contributed by atoms with van der Waals surface area (Å²) >= 11 is 0. The van der Waals surface area contributed by atoms with Crippen LogP contribution in [0.3, 0.4) is 0 Å². The van der Waals surface area contributed by atoms with Crippen LogP contribution in [0.2, 0.25) is 0 Å². The Hall–Kier alpha value is -2.06. The molecule has 0 saturated carbocycles. The summed E-state index contributed by atoms with van der Waals surface area (Å²) in [5, 5.41) is 12.1. The highest BCUT2D eigenvalue weighted by molar-refractivity contribution is 6.00. The molecule has 1 aliphatic carbocycles. The molecule has 3 fully saturated rings. The summed E-state index contributed by atoms with van der Waals surface area (Å²) in [5.41, 5.74) is 2.08. The van der Waals surface area contributed by atoms with Gasteiger partial charge in [-0.05, 0) is 31.1 Å². The van der Waals surface area contributed by atoms with E-state index in [0.717, 1.165) is 48.3 Å². The van der Waals surface area contributed by atoms with E-state index in [0.29, 0.717) is 45.9 Å². The van der Waals surface area contributed by atoms with Crippen molar-refractivity contribution in [3.63, 3.8) is 0 Å². The number of ketones is 1. The molecule has 166 valence electrons. The summed E-state index contributed by atoms with van der Waals surface area (Å²) in [6.07, 6.45) is 3.71. The van der Waals surface area contributed by atoms with Crippen LogP contribution in [0.5, 0.6) is 0 Å². The van der Waals surface area contributed by atoms with Gasteiger partial charge in [-0.3, -0.25) is 9.59 Å². The molecule has 8 nitrogen and oxygen atoms in total. The van der Waals surface area contributed by atoms with E-state index in [1.807, 2.05) is 4.90 Å². The molecule has 31 heavy (non-hydrogen) atoms. The predicted octanol–water partition coefficient (Wildman–Crippen LogP) is 2.32. The van der Waals surface area contributed by atoms with Crippen LogP contribution in [0.25, 0.3) is 0 Å². The van der Waals surface area contributed by atoms with E-state index in [1.165, 1.54) is 0 Å². The number of likely N-dealkylation sites (tertiary alicyclic amines) is 1. The Bertz CT molecular complexity index is 953. The number of allylic oxidation sites excluding steroid dienone is 1. The number of carbonyl (C=O) groups excluding carboxylic acids is 2. The standard InChI is InChI=1S/C23H30N4O4/c1-21(2)7-16-18(17(28)8-21)23(15-9-24-26-19(15)25-16)10-22(31-13-23)11-27(12-22)20(29)14-3-5-30-6-4-14/h14,25H,3-13H2,1-2H3/t23-/m0/s1. The second kappa shape index (κ2) is 6.48. The van der Waals surface area contributed by atoms with E-state index in [-0.39, 0.29) is 28.6 Å². The molecule has 6 aliphatic rings. The number of hydrogen-bond acceptors (Lipinski definition) is 7. The third-order valence-corrected chi connectivity index (χ3v) is 7.97. The molecule has 1 amide bonds. The average Bonchev–Trinajstić information content (AvgIpc) is 3.32. The lowest BCUT2D eigenvalue weighted by atomic mass is 9.61. The molecule has 2 spiro atoms. The zero-order chi connectivity index (χ0) is 21.4. The van der Waals surface area contributed by atoms with Gasteiger partial charge in [0, 0.05) is 42.4 Å². The third kappa shape index (κ3) is 2.87. The van der Waals surface area contributed by atoms with E-state index in [2.05, 4.69) is 29.4 Å². The Morgan fingerprint density at radius 2 is 1.97 bits per heavy atom. The van der Waals surface area contributed by atoms with E-state index in [4.69, 9.17) is 9.47 Å². The minimum absolute atomic E-state index is 0.0681. The normalized spacial score (nSPS) is 33.6. The molecular weight excluding hydrogens is 396 g/mol. The lowest BCUT2D eigenvalue weighted by Crippen LogP contribution is -2.64. The SMILES string of the molecule is CC1(C)CC(=O)C2=C(C1)NC1=C(CN=N1)[C@]21COC2(CN(C(=O)C3CCOCC3)C2)C1. The van der Waals surface area contributed by atoms with Crippen LogP contribution in [-0.2, 0) is 19.1 Å². The van der Waals surface area contributed by atoms with Crippen molar-refractivity contribution >= 4 is 11.7 Å². The van der Waals surface area contributed by atoms with Crippen molar-refractivity contribution in [2.75, 3.05) is 39.5 Å². The van der Waals surface area contributed by atoms with Gasteiger partial charge in [0.15, 0.2) is 11.6 Å². The number of nitrogens with one attached hydrogen (secondary N) is 1. The quantitative estimate of drug-likeness (QED) is 0.695. The van der Waals surface area contributed by atoms with Crippen LogP contribution >= 0.6 is 0 Å². The van der Waals surface area contributed by atoms with Crippen LogP contribution in [0, 0.1) is 16.7 Å². The van der Waals surface area contributed by atoms with Crippen molar-refractivity contribution < 1.29 is 19.1 Å². The topological polar surface area (TPSA) is 92.6 Å². The number of rotatable bonds is 1. The molecule has 1 atom stereocenters. The minimum Gasteiger partial charge on any atom is -0.381 e. The highest BCUT2D eigenvalue weighted by atomic mass is 16.5. The maximum atomic E-state index is 13.4. The first kappa shape index (κ1) is 19.6. The Morgan fingerprint density at radius 1 is 1.19 bits per heavy atom. The van der Waals surface area contributed by atoms with Gasteiger partial charge in [-0.25, -0.2) is 0 Å². The molecule has 8 heteroatoms. The summed E-state index contributed by atoms with van der Waals surface area (Å²) in [6, 6.07) is 0. The number of azo groups is 1. The smallest absolute Gasteiger partial charge is 0.226 e. The molecule has 5 heterocycles. The molecule has 0 aromatic carbocycles. The van der Waals surface area contributed by atoms with Gasteiger partial charge in [-0.15, -0.1) is 5.11 Å². The third-order valence-electron chi connectivity index (χ3n) is 7.97. The van der Waals surface area contributed by atoms with Crippen LogP contribution in [-0.4, -0.2) is 61.6 Å². The van der Waals surface area contributed by atoms with Crippen molar-refractivity contribution in [3.05, 3.63) is 22.7 Å². The minimum atomic E-state index is -0.458. The van der Waals surface area contributed by atoms with Gasteiger partial charge in [0.05, 0.1) is 31.7 Å². The molecule has 0 radical (unpaired) electrons. The van der Waals surface area contributed by atoms with Crippen molar-refractivity contribution in [3.8, 4) is 0 Å². The maximum Gasteiger partial charge on any atom is 0.226 e. The van der Waals surface area contributed by atoms with Crippen molar-refractivity contribution in [1.29, 1.82) is 0 Å². The molecule has 0 unspecified atom stereocenters. The predicted molar refractivity (Wildman–Crippen MR) is 111 cm³/mol. The zero-order valence-corrected chi connectivity index (χ0v) is 18.3. The fourth-order valence-electron chi connectivity index (χ4n) is 6.56. The lowest BCUT2D eigenvalue weighted by Gasteiger charge is -2.49. The zero-order valence-electron chi connectivity index (χ0n) is 18.3. The molecule has 0 aromatic heterocycles. The second-order valence-corrected chi connectivity index (χ2v) is 11.0. The number of nitrogens with zero attached hydrogens (tertiary/aromatic N) is 3. The van der Waals surface area contributed by atoms with Gasteiger partial charge in [0.25, 0.3) is 0 Å². The summed E-state index contributed by atoms with van der Waals surface area (Å²) in [5.74, 6) is 1.31. The molecule has 6 rings (SSSR count). The summed E-state index contributed by atoms with van der Waals surface area (Å²) in [4.78, 5) is 28.2. The van der Waals surface area contributed by atoms with Gasteiger partial charge in [0.2, 0.25) is 5.91 Å². The molecule has 3 saturated heterocycles. The number of ether oxygens (including phenoxy) is 2. The first-order valence-corrected chi connectivity index (χ1v) is 11.5. The van der Waals surface area contributed by atoms with E-state index < -0.39 is 5.41 Å². The molecule has 1 N–H and O–H groups in total. The lowest BCUT2D eigenvalue weighted by molar-refractivity contribution is -0.164. The van der Waals surface area contributed by atoms with Crippen LogP contribution in [0.1, 0.15) is 46.0 Å². The van der Waals surface area contributed by atoms with Crippen LogP contribution < -0.4 is 5.32 Å². The van der Waals surface area contributed by atoms with Gasteiger partial charge in [-0.2, -0.15) is 5.11 Å². The van der Waals surface area contributed by atoms with Gasteiger partial charge < -0.3 is 19.7 Å². The number of amides is 1. The Kier molecular flexibility index (Phi) is 4.10. The molecule has 0 aromatic rings. The first-order valence-electron chi connectivity index (χ1n) is 11.5. The molecule has 0 bridgehead atoms. The van der Waals surface area contributed by atoms with Crippen LogP contribution in [0.15, 0.2) is 32.9 Å². The Balaban J connectivity index is 1.27. The van der Waals surface area contributed by atoms with E-state index in [1.54, 1.807) is 0 Å². The van der Waals surface area contributed by atoms with Gasteiger partial charge in [-0.1, -0.05) is 13.8 Å². The summed E-state index contributed by atoms with van der Waals surface area (Å²) in [6.45, 7) is 7.82. The summed E-state index contributed by atoms with van der Waals surface area (Å²) < 4.78 is 11.8. The van der Waals surface area contributed by atoms with Crippen molar-refractivity contribution in [1.82, 2.24) is 10.2 Å². The van der Waals surface area contributed by atoms with Crippen LogP contribution in [0.4, 0.5) is 0 Å². The average molecular weight is 427 g/mol. The maximum absolute atomic E-state index is 13.4. The van der Waals surface area contributed by atoms with Crippen molar-refractivity contribution in [2.24, 2.45) is 27.0 Å². The van der Waals surface area contributed by atoms with Crippen molar-refractivity contribution in [2.45, 2.75) is 51.6 Å². The number of carbonyl (C=O) groups is 2. The fraction of sp³-hybridized carbons (Fsp3) is 0.739. The van der Waals surface area contributed by atoms with Gasteiger partial charge in [0.1, 0.15) is 5.60 Å². The Morgan fingerprint density at radius 3 is 2.74 bits per heavy atom. The highest BCUT2D eigenvalue weighted by Gasteiger charge is 2.63. The molecular formula is C23H30N4O4. The first-order chi connectivity index (χ1) is 14.8. The second-order valence-electron chi connectivity index (χ2n) is 11.0. The van der Waals surface area contributed by atoms with E-state index in [9.17, 15) is 9.59 Å². The largest absolute Gasteiger partial charge is 0.381 e. The fourth-order valence-corrected chi connectivity index (χ4v) is 6.56. The van der Waals surface area contributed by atoms with E-state index >= 15 is 0 Å². The summed E-state index contributed by atoms with van der Waals surface area (Å²) in [7, 11) is 0. The number of hydrogen-bond donors (Lipinski definition) is 1. The molecule has 5 aliphatic heterocycles. The number of fused-ring (bicyclic) bond motifs is 2. The monoisotopic (exact) mass is 426 g/mol. The van der Waals surface area contributed by atoms with Gasteiger partial charge >= 0.3 is 0 Å². The highest BCUT2D eigenvalue weighted by Crippen LogP contribution is 2.58. The number of Topliss-reactive ketones (excluding diaryl/α,β-unsaturated/α-hetero) is 1. The Labute approximate surface area is 182 Å².